The molecule has 6 nitrogen and oxygen atoms in total. The highest BCUT2D eigenvalue weighted by Crippen LogP contribution is 2.31. The van der Waals surface area contributed by atoms with Crippen LogP contribution in [0.15, 0.2) is 12.3 Å². The molecule has 0 radical (unpaired) electrons. The Morgan fingerprint density at radius 2 is 2.41 bits per heavy atom. The van der Waals surface area contributed by atoms with Gasteiger partial charge in [-0.25, -0.2) is 9.97 Å². The second kappa shape index (κ2) is 4.29. The number of carbonyl (C=O) groups is 1. The molecule has 0 aliphatic carbocycles. The number of hydrogen-bond acceptors (Lipinski definition) is 5. The van der Waals surface area contributed by atoms with Gasteiger partial charge in [-0.15, -0.1) is 0 Å². The SMILES string of the molecule is CC1(C(N)=O)CCN(c2nccc(CN)n2)C1. The summed E-state index contributed by atoms with van der Waals surface area (Å²) in [6.07, 6.45) is 2.42. The van der Waals surface area contributed by atoms with Gasteiger partial charge in [0.05, 0.1) is 11.1 Å². The molecule has 0 bridgehead atoms. The van der Waals surface area contributed by atoms with E-state index in [4.69, 9.17) is 11.5 Å². The minimum atomic E-state index is -0.484. The van der Waals surface area contributed by atoms with E-state index in [2.05, 4.69) is 9.97 Å². The van der Waals surface area contributed by atoms with Crippen LogP contribution in [0.5, 0.6) is 0 Å². The summed E-state index contributed by atoms with van der Waals surface area (Å²) in [7, 11) is 0. The van der Waals surface area contributed by atoms with E-state index in [0.29, 0.717) is 19.0 Å². The van der Waals surface area contributed by atoms with Crippen molar-refractivity contribution in [3.05, 3.63) is 18.0 Å². The summed E-state index contributed by atoms with van der Waals surface area (Å²) >= 11 is 0. The van der Waals surface area contributed by atoms with Gasteiger partial charge in [-0.05, 0) is 19.4 Å². The summed E-state index contributed by atoms with van der Waals surface area (Å²) in [5.74, 6) is 0.355. The van der Waals surface area contributed by atoms with E-state index in [-0.39, 0.29) is 5.91 Å². The van der Waals surface area contributed by atoms with Crippen molar-refractivity contribution < 1.29 is 4.79 Å². The minimum absolute atomic E-state index is 0.269. The van der Waals surface area contributed by atoms with Gasteiger partial charge < -0.3 is 16.4 Å². The Kier molecular flexibility index (Phi) is 2.97. The number of aromatic nitrogens is 2. The first-order valence-electron chi connectivity index (χ1n) is 5.62. The standard InChI is InChI=1S/C11H17N5O/c1-11(9(13)17)3-5-16(7-11)10-14-4-2-8(6-12)15-10/h2,4H,3,5-7,12H2,1H3,(H2,13,17). The van der Waals surface area contributed by atoms with Crippen molar-refractivity contribution in [2.75, 3.05) is 18.0 Å². The number of primary amides is 1. The van der Waals surface area contributed by atoms with Crippen LogP contribution in [0, 0.1) is 5.41 Å². The predicted octanol–water partition coefficient (Wildman–Crippen LogP) is -0.363. The molecule has 1 atom stereocenters. The summed E-state index contributed by atoms with van der Waals surface area (Å²) in [5, 5.41) is 0. The number of nitrogens with two attached hydrogens (primary N) is 2. The maximum atomic E-state index is 11.4. The average Bonchev–Trinajstić information content (AvgIpc) is 2.74. The average molecular weight is 235 g/mol. The van der Waals surface area contributed by atoms with E-state index >= 15 is 0 Å². The molecule has 0 saturated carbocycles. The third-order valence-electron chi connectivity index (χ3n) is 3.26. The van der Waals surface area contributed by atoms with Gasteiger partial charge in [0.25, 0.3) is 0 Å². The van der Waals surface area contributed by atoms with Gasteiger partial charge in [-0.1, -0.05) is 0 Å². The highest BCUT2D eigenvalue weighted by Gasteiger charge is 2.39. The monoisotopic (exact) mass is 235 g/mol. The molecule has 1 amide bonds. The van der Waals surface area contributed by atoms with E-state index in [0.717, 1.165) is 18.7 Å². The molecule has 4 N–H and O–H groups in total. The van der Waals surface area contributed by atoms with E-state index in [1.54, 1.807) is 12.3 Å². The number of amides is 1. The third kappa shape index (κ3) is 2.21. The second-order valence-corrected chi connectivity index (χ2v) is 4.65. The van der Waals surface area contributed by atoms with Gasteiger partial charge in [-0.2, -0.15) is 0 Å². The Balaban J connectivity index is 2.17. The molecule has 1 saturated heterocycles. The Hall–Kier alpha value is -1.69. The van der Waals surface area contributed by atoms with Gasteiger partial charge in [0.1, 0.15) is 0 Å². The van der Waals surface area contributed by atoms with Crippen LogP contribution in [0.4, 0.5) is 5.95 Å². The number of hydrogen-bond donors (Lipinski definition) is 2. The number of rotatable bonds is 3. The maximum Gasteiger partial charge on any atom is 0.225 e. The summed E-state index contributed by atoms with van der Waals surface area (Å²) in [6.45, 7) is 3.57. The summed E-state index contributed by atoms with van der Waals surface area (Å²) < 4.78 is 0. The first-order valence-corrected chi connectivity index (χ1v) is 5.62. The molecule has 0 aromatic carbocycles. The fourth-order valence-electron chi connectivity index (χ4n) is 1.98. The summed E-state index contributed by atoms with van der Waals surface area (Å²) in [6, 6.07) is 1.78. The smallest absolute Gasteiger partial charge is 0.225 e. The second-order valence-electron chi connectivity index (χ2n) is 4.65. The van der Waals surface area contributed by atoms with E-state index < -0.39 is 5.41 Å². The van der Waals surface area contributed by atoms with Gasteiger partial charge in [0.2, 0.25) is 11.9 Å². The van der Waals surface area contributed by atoms with Crippen LogP contribution in [-0.2, 0) is 11.3 Å². The number of carbonyl (C=O) groups excluding carboxylic acids is 1. The Labute approximate surface area is 100 Å². The molecule has 1 aliphatic rings. The van der Waals surface area contributed by atoms with Crippen molar-refractivity contribution in [1.82, 2.24) is 9.97 Å². The molecule has 1 unspecified atom stereocenters. The maximum absolute atomic E-state index is 11.4. The largest absolute Gasteiger partial charge is 0.369 e. The fourth-order valence-corrected chi connectivity index (χ4v) is 1.98. The summed E-state index contributed by atoms with van der Waals surface area (Å²) in [5.41, 5.74) is 11.2. The number of anilines is 1. The molecular formula is C11H17N5O. The van der Waals surface area contributed by atoms with Gasteiger partial charge in [0.15, 0.2) is 0 Å². The third-order valence-corrected chi connectivity index (χ3v) is 3.26. The van der Waals surface area contributed by atoms with Gasteiger partial charge in [0, 0.05) is 25.8 Å². The molecule has 92 valence electrons. The molecule has 6 heteroatoms. The zero-order chi connectivity index (χ0) is 12.5. The lowest BCUT2D eigenvalue weighted by Crippen LogP contribution is -2.37. The molecule has 2 heterocycles. The van der Waals surface area contributed by atoms with E-state index in [9.17, 15) is 4.79 Å². The van der Waals surface area contributed by atoms with Crippen LogP contribution >= 0.6 is 0 Å². The van der Waals surface area contributed by atoms with Crippen molar-refractivity contribution in [3.8, 4) is 0 Å². The number of nitrogens with zero attached hydrogens (tertiary/aromatic N) is 3. The molecule has 1 aliphatic heterocycles. The van der Waals surface area contributed by atoms with E-state index in [1.807, 2.05) is 11.8 Å². The molecule has 1 aromatic heterocycles. The normalized spacial score (nSPS) is 24.0. The predicted molar refractivity (Wildman–Crippen MR) is 64.1 cm³/mol. The molecule has 2 rings (SSSR count). The Bertz CT molecular complexity index is 436. The van der Waals surface area contributed by atoms with Crippen LogP contribution in [0.1, 0.15) is 19.0 Å². The topological polar surface area (TPSA) is 98.1 Å². The van der Waals surface area contributed by atoms with Gasteiger partial charge in [-0.3, -0.25) is 4.79 Å². The lowest BCUT2D eigenvalue weighted by atomic mass is 9.89. The quantitative estimate of drug-likeness (QED) is 0.745. The zero-order valence-electron chi connectivity index (χ0n) is 9.89. The minimum Gasteiger partial charge on any atom is -0.369 e. The molecule has 0 spiro atoms. The Morgan fingerprint density at radius 1 is 1.65 bits per heavy atom. The van der Waals surface area contributed by atoms with Crippen molar-refractivity contribution in [2.24, 2.45) is 16.9 Å². The zero-order valence-corrected chi connectivity index (χ0v) is 9.89. The van der Waals surface area contributed by atoms with Crippen molar-refractivity contribution >= 4 is 11.9 Å². The molecule has 1 aromatic rings. The Morgan fingerprint density at radius 3 is 3.00 bits per heavy atom. The first-order chi connectivity index (χ1) is 8.05. The molecule has 1 fully saturated rings. The van der Waals surface area contributed by atoms with Crippen molar-refractivity contribution in [1.29, 1.82) is 0 Å². The van der Waals surface area contributed by atoms with Crippen LogP contribution in [0.3, 0.4) is 0 Å². The molecule has 17 heavy (non-hydrogen) atoms. The van der Waals surface area contributed by atoms with Crippen molar-refractivity contribution in [2.45, 2.75) is 19.9 Å². The van der Waals surface area contributed by atoms with Crippen molar-refractivity contribution in [3.63, 3.8) is 0 Å². The van der Waals surface area contributed by atoms with E-state index in [1.165, 1.54) is 0 Å². The first kappa shape index (κ1) is 11.8. The van der Waals surface area contributed by atoms with Crippen LogP contribution in [0.25, 0.3) is 0 Å². The van der Waals surface area contributed by atoms with Crippen LogP contribution in [-0.4, -0.2) is 29.0 Å². The summed E-state index contributed by atoms with van der Waals surface area (Å²) in [4.78, 5) is 21.9. The highest BCUT2D eigenvalue weighted by atomic mass is 16.1. The lowest BCUT2D eigenvalue weighted by Gasteiger charge is -2.21. The highest BCUT2D eigenvalue weighted by molar-refractivity contribution is 5.81. The van der Waals surface area contributed by atoms with Crippen LogP contribution in [0.2, 0.25) is 0 Å². The van der Waals surface area contributed by atoms with Crippen LogP contribution < -0.4 is 16.4 Å². The lowest BCUT2D eigenvalue weighted by molar-refractivity contribution is -0.125. The fraction of sp³-hybridized carbons (Fsp3) is 0.545. The molecular weight excluding hydrogens is 218 g/mol. The van der Waals surface area contributed by atoms with Gasteiger partial charge >= 0.3 is 0 Å².